The third-order valence-electron chi connectivity index (χ3n) is 2.61. The number of carbonyl (C=O) groups is 1. The van der Waals surface area contributed by atoms with Crippen LogP contribution in [0.1, 0.15) is 21.7 Å². The average molecular weight is 287 g/mol. The van der Waals surface area contributed by atoms with Gasteiger partial charge in [0.1, 0.15) is 5.69 Å². The molecule has 20 heavy (non-hydrogen) atoms. The number of amides is 1. The molecule has 2 aromatic rings. The Morgan fingerprint density at radius 2 is 2.10 bits per heavy atom. The summed E-state index contributed by atoms with van der Waals surface area (Å²) >= 11 is 0. The number of halogens is 3. The number of carbonyl (C=O) groups excluding carboxylic acids is 1. The maximum Gasteiger partial charge on any atom is 0.435 e. The summed E-state index contributed by atoms with van der Waals surface area (Å²) in [5.74, 6) is -0.626. The molecule has 1 amide bonds. The van der Waals surface area contributed by atoms with Crippen LogP contribution in [0.25, 0.3) is 0 Å². The van der Waals surface area contributed by atoms with E-state index >= 15 is 0 Å². The lowest BCUT2D eigenvalue weighted by Crippen LogP contribution is -2.24. The molecule has 9 heteroatoms. The maximum absolute atomic E-state index is 12.5. The molecule has 0 aliphatic carbocycles. The maximum atomic E-state index is 12.5. The molecule has 0 aliphatic rings. The van der Waals surface area contributed by atoms with Gasteiger partial charge in [-0.25, -0.2) is 0 Å². The van der Waals surface area contributed by atoms with E-state index in [1.54, 1.807) is 24.1 Å². The van der Waals surface area contributed by atoms with E-state index in [9.17, 15) is 18.0 Å². The van der Waals surface area contributed by atoms with Gasteiger partial charge in [0.05, 0.1) is 6.20 Å². The first kappa shape index (κ1) is 14.1. The molecule has 0 radical (unpaired) electrons. The monoisotopic (exact) mass is 287 g/mol. The Hall–Kier alpha value is -2.32. The van der Waals surface area contributed by atoms with Crippen molar-refractivity contribution >= 4 is 5.91 Å². The molecule has 0 aromatic carbocycles. The van der Waals surface area contributed by atoms with Gasteiger partial charge in [0.2, 0.25) is 0 Å². The van der Waals surface area contributed by atoms with Crippen LogP contribution in [0, 0.1) is 0 Å². The van der Waals surface area contributed by atoms with Gasteiger partial charge in [0, 0.05) is 38.5 Å². The van der Waals surface area contributed by atoms with Gasteiger partial charge in [-0.3, -0.25) is 14.2 Å². The van der Waals surface area contributed by atoms with Gasteiger partial charge in [-0.2, -0.15) is 23.4 Å². The number of nitrogens with zero attached hydrogens (tertiary/aromatic N) is 4. The normalized spacial score (nSPS) is 11.7. The molecule has 0 aliphatic heterocycles. The number of hydrogen-bond donors (Lipinski definition) is 1. The van der Waals surface area contributed by atoms with E-state index in [2.05, 4.69) is 15.5 Å². The molecule has 0 bridgehead atoms. The van der Waals surface area contributed by atoms with Crippen molar-refractivity contribution in [2.24, 2.45) is 14.1 Å². The van der Waals surface area contributed by atoms with Gasteiger partial charge < -0.3 is 5.32 Å². The Labute approximate surface area is 112 Å². The lowest BCUT2D eigenvalue weighted by Gasteiger charge is -2.03. The summed E-state index contributed by atoms with van der Waals surface area (Å²) in [5.41, 5.74) is -0.494. The third kappa shape index (κ3) is 2.98. The molecule has 0 saturated heterocycles. The minimum atomic E-state index is -4.57. The highest BCUT2D eigenvalue weighted by atomic mass is 19.4. The second-order valence-electron chi connectivity index (χ2n) is 4.24. The first-order chi connectivity index (χ1) is 9.27. The molecule has 2 heterocycles. The predicted molar refractivity (Wildman–Crippen MR) is 62.6 cm³/mol. The summed E-state index contributed by atoms with van der Waals surface area (Å²) in [6, 6.07) is 0.721. The summed E-state index contributed by atoms with van der Waals surface area (Å²) in [4.78, 5) is 11.8. The van der Waals surface area contributed by atoms with E-state index in [0.29, 0.717) is 0 Å². The average Bonchev–Trinajstić information content (AvgIpc) is 2.92. The van der Waals surface area contributed by atoms with Crippen molar-refractivity contribution in [1.82, 2.24) is 24.9 Å². The SMILES string of the molecule is Cn1cc(CNC(=O)c2cc(C(F)(F)F)nn2C)cn1. The molecule has 0 atom stereocenters. The summed E-state index contributed by atoms with van der Waals surface area (Å²) in [6.07, 6.45) is -1.31. The van der Waals surface area contributed by atoms with Crippen molar-refractivity contribution in [3.8, 4) is 0 Å². The van der Waals surface area contributed by atoms with Crippen molar-refractivity contribution in [2.75, 3.05) is 0 Å². The summed E-state index contributed by atoms with van der Waals surface area (Å²) in [7, 11) is 3.01. The molecule has 2 aromatic heterocycles. The number of aromatic nitrogens is 4. The fraction of sp³-hybridized carbons (Fsp3) is 0.364. The fourth-order valence-electron chi connectivity index (χ4n) is 1.65. The Morgan fingerprint density at radius 3 is 2.60 bits per heavy atom. The van der Waals surface area contributed by atoms with Crippen LogP contribution in [0.5, 0.6) is 0 Å². The summed E-state index contributed by atoms with van der Waals surface area (Å²) in [6.45, 7) is 0.180. The zero-order chi connectivity index (χ0) is 14.9. The van der Waals surface area contributed by atoms with E-state index in [1.807, 2.05) is 0 Å². The first-order valence-electron chi connectivity index (χ1n) is 5.64. The van der Waals surface area contributed by atoms with Crippen molar-refractivity contribution in [3.05, 3.63) is 35.4 Å². The van der Waals surface area contributed by atoms with Crippen LogP contribution in [0.3, 0.4) is 0 Å². The molecule has 6 nitrogen and oxygen atoms in total. The minimum Gasteiger partial charge on any atom is -0.347 e. The van der Waals surface area contributed by atoms with Crippen molar-refractivity contribution in [3.63, 3.8) is 0 Å². The van der Waals surface area contributed by atoms with Crippen LogP contribution >= 0.6 is 0 Å². The smallest absolute Gasteiger partial charge is 0.347 e. The highest BCUT2D eigenvalue weighted by Gasteiger charge is 2.35. The van der Waals surface area contributed by atoms with Gasteiger partial charge in [0.15, 0.2) is 5.69 Å². The second-order valence-corrected chi connectivity index (χ2v) is 4.24. The van der Waals surface area contributed by atoms with Crippen LogP contribution in [-0.2, 0) is 26.8 Å². The summed E-state index contributed by atoms with van der Waals surface area (Å²) < 4.78 is 39.9. The Balaban J connectivity index is 2.08. The summed E-state index contributed by atoms with van der Waals surface area (Å²) in [5, 5.41) is 9.71. The molecule has 0 unspecified atom stereocenters. The van der Waals surface area contributed by atoms with Gasteiger partial charge in [-0.15, -0.1) is 0 Å². The number of nitrogens with one attached hydrogen (secondary N) is 1. The van der Waals surface area contributed by atoms with Gasteiger partial charge >= 0.3 is 6.18 Å². The van der Waals surface area contributed by atoms with E-state index < -0.39 is 17.8 Å². The van der Waals surface area contributed by atoms with Crippen LogP contribution < -0.4 is 5.32 Å². The standard InChI is InChI=1S/C11H12F3N5O/c1-18-6-7(5-16-18)4-15-10(20)8-3-9(11(12,13)14)17-19(8)2/h3,5-6H,4H2,1-2H3,(H,15,20). The highest BCUT2D eigenvalue weighted by molar-refractivity contribution is 5.92. The molecule has 0 fully saturated rings. The van der Waals surface area contributed by atoms with E-state index in [-0.39, 0.29) is 12.2 Å². The molecule has 108 valence electrons. The molecule has 2 rings (SSSR count). The Kier molecular flexibility index (Phi) is 3.51. The van der Waals surface area contributed by atoms with Crippen LogP contribution in [0.2, 0.25) is 0 Å². The molecular formula is C11H12F3N5O. The van der Waals surface area contributed by atoms with Gasteiger partial charge in [-0.1, -0.05) is 0 Å². The zero-order valence-corrected chi connectivity index (χ0v) is 10.8. The van der Waals surface area contributed by atoms with Crippen LogP contribution in [0.4, 0.5) is 13.2 Å². The molecule has 0 saturated carbocycles. The molecule has 0 spiro atoms. The molecular weight excluding hydrogens is 275 g/mol. The van der Waals surface area contributed by atoms with E-state index in [4.69, 9.17) is 0 Å². The topological polar surface area (TPSA) is 64.7 Å². The number of hydrogen-bond acceptors (Lipinski definition) is 3. The number of alkyl halides is 3. The quantitative estimate of drug-likeness (QED) is 0.919. The predicted octanol–water partition coefficient (Wildman–Crippen LogP) is 1.10. The van der Waals surface area contributed by atoms with E-state index in [1.165, 1.54) is 7.05 Å². The highest BCUT2D eigenvalue weighted by Crippen LogP contribution is 2.28. The van der Waals surface area contributed by atoms with Crippen molar-refractivity contribution < 1.29 is 18.0 Å². The second kappa shape index (κ2) is 4.99. The van der Waals surface area contributed by atoms with Gasteiger partial charge in [-0.05, 0) is 0 Å². The van der Waals surface area contributed by atoms with Crippen molar-refractivity contribution in [1.29, 1.82) is 0 Å². The lowest BCUT2D eigenvalue weighted by molar-refractivity contribution is -0.141. The number of aryl methyl sites for hydroxylation is 2. The van der Waals surface area contributed by atoms with E-state index in [0.717, 1.165) is 16.3 Å². The zero-order valence-electron chi connectivity index (χ0n) is 10.8. The Morgan fingerprint density at radius 1 is 1.40 bits per heavy atom. The Bertz CT molecular complexity index is 628. The van der Waals surface area contributed by atoms with Crippen molar-refractivity contribution in [2.45, 2.75) is 12.7 Å². The molecule has 1 N–H and O–H groups in total. The number of rotatable bonds is 3. The van der Waals surface area contributed by atoms with Crippen LogP contribution in [-0.4, -0.2) is 25.5 Å². The third-order valence-corrected chi connectivity index (χ3v) is 2.61. The first-order valence-corrected chi connectivity index (χ1v) is 5.64. The van der Waals surface area contributed by atoms with Crippen LogP contribution in [0.15, 0.2) is 18.5 Å². The largest absolute Gasteiger partial charge is 0.435 e. The fourth-order valence-corrected chi connectivity index (χ4v) is 1.65. The lowest BCUT2D eigenvalue weighted by atomic mass is 10.3. The minimum absolute atomic E-state index is 0.152. The van der Waals surface area contributed by atoms with Gasteiger partial charge in [0.25, 0.3) is 5.91 Å².